The number of primary amides is 1. The minimum Gasteiger partial charge on any atom is -0.381 e. The summed E-state index contributed by atoms with van der Waals surface area (Å²) < 4.78 is 5.22. The van der Waals surface area contributed by atoms with Crippen molar-refractivity contribution in [1.29, 1.82) is 0 Å². The fourth-order valence-electron chi connectivity index (χ4n) is 1.54. The van der Waals surface area contributed by atoms with E-state index in [1.807, 2.05) is 0 Å². The van der Waals surface area contributed by atoms with Crippen LogP contribution in [-0.4, -0.2) is 34.3 Å². The van der Waals surface area contributed by atoms with Crippen LogP contribution in [0.3, 0.4) is 0 Å². The number of nitrogens with two attached hydrogens (primary N) is 1. The minimum atomic E-state index is -0.598. The van der Waals surface area contributed by atoms with Crippen molar-refractivity contribution in [3.05, 3.63) is 11.6 Å². The zero-order chi connectivity index (χ0) is 9.97. The van der Waals surface area contributed by atoms with Gasteiger partial charge in [0.05, 0.1) is 0 Å². The van der Waals surface area contributed by atoms with Gasteiger partial charge in [0.15, 0.2) is 0 Å². The van der Waals surface area contributed by atoms with Crippen LogP contribution in [-0.2, 0) is 4.74 Å². The number of H-pyrrole nitrogens is 1. The largest absolute Gasteiger partial charge is 0.381 e. The molecule has 1 aliphatic rings. The zero-order valence-electron chi connectivity index (χ0n) is 7.69. The molecule has 1 saturated heterocycles. The van der Waals surface area contributed by atoms with Crippen LogP contribution >= 0.6 is 0 Å². The maximum Gasteiger partial charge on any atom is 0.288 e. The SMILES string of the molecule is NC(=O)c1n[nH]c(C2CCOCC2)n1. The fourth-order valence-corrected chi connectivity index (χ4v) is 1.54. The number of aromatic amines is 1. The number of amides is 1. The lowest BCUT2D eigenvalue weighted by Gasteiger charge is -2.19. The highest BCUT2D eigenvalue weighted by molar-refractivity contribution is 5.88. The molecule has 2 rings (SSSR count). The molecule has 0 saturated carbocycles. The Labute approximate surface area is 80.8 Å². The summed E-state index contributed by atoms with van der Waals surface area (Å²) in [6.45, 7) is 1.47. The number of hydrogen-bond donors (Lipinski definition) is 2. The summed E-state index contributed by atoms with van der Waals surface area (Å²) in [5.41, 5.74) is 5.05. The summed E-state index contributed by atoms with van der Waals surface area (Å²) in [4.78, 5) is 14.8. The van der Waals surface area contributed by atoms with Gasteiger partial charge in [-0.1, -0.05) is 0 Å². The van der Waals surface area contributed by atoms with Gasteiger partial charge in [0.2, 0.25) is 5.82 Å². The number of ether oxygens (including phenoxy) is 1. The standard InChI is InChI=1S/C8H12N4O2/c9-6(13)8-10-7(11-12-8)5-1-3-14-4-2-5/h5H,1-4H2,(H2,9,13)(H,10,11,12). The first-order chi connectivity index (χ1) is 6.77. The first-order valence-electron chi connectivity index (χ1n) is 4.57. The molecule has 6 heteroatoms. The maximum atomic E-state index is 10.7. The van der Waals surface area contributed by atoms with Crippen molar-refractivity contribution in [2.45, 2.75) is 18.8 Å². The summed E-state index contributed by atoms with van der Waals surface area (Å²) >= 11 is 0. The lowest BCUT2D eigenvalue weighted by Crippen LogP contribution is -2.16. The molecule has 0 aromatic carbocycles. The van der Waals surface area contributed by atoms with Crippen LogP contribution in [0.25, 0.3) is 0 Å². The Bertz CT molecular complexity index is 330. The number of rotatable bonds is 2. The van der Waals surface area contributed by atoms with E-state index >= 15 is 0 Å². The monoisotopic (exact) mass is 196 g/mol. The van der Waals surface area contributed by atoms with Crippen LogP contribution in [0.2, 0.25) is 0 Å². The van der Waals surface area contributed by atoms with E-state index in [0.29, 0.717) is 5.92 Å². The van der Waals surface area contributed by atoms with E-state index in [1.165, 1.54) is 0 Å². The Kier molecular flexibility index (Phi) is 2.45. The predicted molar refractivity (Wildman–Crippen MR) is 47.7 cm³/mol. The summed E-state index contributed by atoms with van der Waals surface area (Å²) in [6.07, 6.45) is 1.82. The number of carbonyl (C=O) groups excluding carboxylic acids is 1. The van der Waals surface area contributed by atoms with Crippen LogP contribution < -0.4 is 5.73 Å². The second-order valence-electron chi connectivity index (χ2n) is 3.30. The first-order valence-corrected chi connectivity index (χ1v) is 4.57. The normalized spacial score (nSPS) is 18.3. The Morgan fingerprint density at radius 2 is 2.21 bits per heavy atom. The van der Waals surface area contributed by atoms with E-state index in [4.69, 9.17) is 10.5 Å². The van der Waals surface area contributed by atoms with Gasteiger partial charge < -0.3 is 10.5 Å². The molecule has 0 unspecified atom stereocenters. The molecule has 1 amide bonds. The van der Waals surface area contributed by atoms with Crippen LogP contribution in [0.1, 0.15) is 35.2 Å². The summed E-state index contributed by atoms with van der Waals surface area (Å²) in [6, 6.07) is 0. The van der Waals surface area contributed by atoms with Crippen molar-refractivity contribution >= 4 is 5.91 Å². The highest BCUT2D eigenvalue weighted by Crippen LogP contribution is 2.23. The number of carbonyl (C=O) groups is 1. The third-order valence-corrected chi connectivity index (χ3v) is 2.33. The quantitative estimate of drug-likeness (QED) is 0.684. The topological polar surface area (TPSA) is 93.9 Å². The molecule has 1 aliphatic heterocycles. The molecule has 0 bridgehead atoms. The molecule has 0 spiro atoms. The van der Waals surface area contributed by atoms with Crippen molar-refractivity contribution in [3.8, 4) is 0 Å². The number of hydrogen-bond acceptors (Lipinski definition) is 4. The van der Waals surface area contributed by atoms with Gasteiger partial charge >= 0.3 is 0 Å². The Hall–Kier alpha value is -1.43. The molecule has 6 nitrogen and oxygen atoms in total. The highest BCUT2D eigenvalue weighted by Gasteiger charge is 2.20. The molecule has 1 aromatic heterocycles. The van der Waals surface area contributed by atoms with Crippen molar-refractivity contribution in [3.63, 3.8) is 0 Å². The number of nitrogens with zero attached hydrogens (tertiary/aromatic N) is 2. The molecular formula is C8H12N4O2. The molecule has 3 N–H and O–H groups in total. The average molecular weight is 196 g/mol. The van der Waals surface area contributed by atoms with E-state index in [9.17, 15) is 4.79 Å². The van der Waals surface area contributed by atoms with Gasteiger partial charge in [-0.2, -0.15) is 0 Å². The van der Waals surface area contributed by atoms with Crippen molar-refractivity contribution in [2.75, 3.05) is 13.2 Å². The van der Waals surface area contributed by atoms with Crippen molar-refractivity contribution in [1.82, 2.24) is 15.2 Å². The van der Waals surface area contributed by atoms with Gasteiger partial charge in [-0.3, -0.25) is 9.89 Å². The highest BCUT2D eigenvalue weighted by atomic mass is 16.5. The summed E-state index contributed by atoms with van der Waals surface area (Å²) in [5, 5.41) is 6.48. The van der Waals surface area contributed by atoms with Crippen LogP contribution in [0.15, 0.2) is 0 Å². The minimum absolute atomic E-state index is 0.0616. The third-order valence-electron chi connectivity index (χ3n) is 2.33. The van der Waals surface area contributed by atoms with Crippen LogP contribution in [0, 0.1) is 0 Å². The third kappa shape index (κ3) is 1.74. The Morgan fingerprint density at radius 1 is 1.50 bits per heavy atom. The number of nitrogens with one attached hydrogen (secondary N) is 1. The van der Waals surface area contributed by atoms with Crippen molar-refractivity contribution in [2.24, 2.45) is 5.73 Å². The van der Waals surface area contributed by atoms with Gasteiger partial charge in [-0.25, -0.2) is 4.98 Å². The smallest absolute Gasteiger partial charge is 0.288 e. The molecule has 0 atom stereocenters. The van der Waals surface area contributed by atoms with Gasteiger partial charge in [0, 0.05) is 19.1 Å². The molecule has 1 aromatic rings. The first kappa shape index (κ1) is 9.14. The maximum absolute atomic E-state index is 10.7. The lowest BCUT2D eigenvalue weighted by molar-refractivity contribution is 0.0836. The Morgan fingerprint density at radius 3 is 2.79 bits per heavy atom. The zero-order valence-corrected chi connectivity index (χ0v) is 7.69. The summed E-state index contributed by atoms with van der Waals surface area (Å²) in [7, 11) is 0. The van der Waals surface area contributed by atoms with Gasteiger partial charge in [-0.05, 0) is 12.8 Å². The fraction of sp³-hybridized carbons (Fsp3) is 0.625. The molecule has 76 valence electrons. The van der Waals surface area contributed by atoms with E-state index in [2.05, 4.69) is 15.2 Å². The molecule has 2 heterocycles. The van der Waals surface area contributed by atoms with E-state index in [-0.39, 0.29) is 5.82 Å². The molecule has 14 heavy (non-hydrogen) atoms. The average Bonchev–Trinajstić information content (AvgIpc) is 2.68. The van der Waals surface area contributed by atoms with Gasteiger partial charge in [0.1, 0.15) is 5.82 Å². The molecule has 0 radical (unpaired) electrons. The molecule has 1 fully saturated rings. The van der Waals surface area contributed by atoms with E-state index < -0.39 is 5.91 Å². The molecule has 0 aliphatic carbocycles. The van der Waals surface area contributed by atoms with Crippen molar-refractivity contribution < 1.29 is 9.53 Å². The van der Waals surface area contributed by atoms with E-state index in [0.717, 1.165) is 31.9 Å². The van der Waals surface area contributed by atoms with Crippen LogP contribution in [0.5, 0.6) is 0 Å². The van der Waals surface area contributed by atoms with Gasteiger partial charge in [0.25, 0.3) is 5.91 Å². The lowest BCUT2D eigenvalue weighted by atomic mass is 10.00. The van der Waals surface area contributed by atoms with Gasteiger partial charge in [-0.15, -0.1) is 5.10 Å². The predicted octanol–water partition coefficient (Wildman–Crippen LogP) is -0.202. The second-order valence-corrected chi connectivity index (χ2v) is 3.30. The Balaban J connectivity index is 2.11. The second kappa shape index (κ2) is 3.75. The van der Waals surface area contributed by atoms with E-state index in [1.54, 1.807) is 0 Å². The number of aromatic nitrogens is 3. The molecular weight excluding hydrogens is 184 g/mol. The summed E-state index contributed by atoms with van der Waals surface area (Å²) in [5.74, 6) is 0.512. The van der Waals surface area contributed by atoms with Crippen LogP contribution in [0.4, 0.5) is 0 Å².